The van der Waals surface area contributed by atoms with Gasteiger partial charge in [0, 0.05) is 26.2 Å². The van der Waals surface area contributed by atoms with Crippen LogP contribution in [0.15, 0.2) is 17.0 Å². The van der Waals surface area contributed by atoms with E-state index in [1.165, 1.54) is 0 Å². The van der Waals surface area contributed by atoms with Crippen molar-refractivity contribution in [3.8, 4) is 0 Å². The summed E-state index contributed by atoms with van der Waals surface area (Å²) in [6, 6.07) is 3.51. The highest BCUT2D eigenvalue weighted by Crippen LogP contribution is 2.36. The Morgan fingerprint density at radius 2 is 1.38 bits per heavy atom. The number of benzene rings is 1. The van der Waals surface area contributed by atoms with E-state index in [1.807, 2.05) is 13.8 Å². The first-order valence-electron chi connectivity index (χ1n) is 9.66. The van der Waals surface area contributed by atoms with E-state index in [2.05, 4.69) is 4.74 Å². The van der Waals surface area contributed by atoms with Crippen molar-refractivity contribution in [2.75, 3.05) is 26.2 Å². The molecule has 1 aliphatic rings. The standard InChI is InChI=1S/C19H24F6N2O4S/c1-11(2)14-9-12(3)15(13(4)10-14)32(29,30)27-7-5-26(6-8-27)17(28)31-16(18(20,21)22)19(23,24)25/h9-11,16H,5-8H2,1-4H3. The molecule has 1 amide bonds. The minimum absolute atomic E-state index is 0.0899. The van der Waals surface area contributed by atoms with Crippen LogP contribution in [-0.2, 0) is 14.8 Å². The van der Waals surface area contributed by atoms with Crippen molar-refractivity contribution in [3.63, 3.8) is 0 Å². The Morgan fingerprint density at radius 1 is 0.938 bits per heavy atom. The highest BCUT2D eigenvalue weighted by atomic mass is 32.2. The monoisotopic (exact) mass is 490 g/mol. The molecule has 0 bridgehead atoms. The van der Waals surface area contributed by atoms with Crippen molar-refractivity contribution in [2.45, 2.75) is 57.0 Å². The van der Waals surface area contributed by atoms with E-state index in [0.29, 0.717) is 16.0 Å². The van der Waals surface area contributed by atoms with E-state index in [-0.39, 0.29) is 23.9 Å². The third-order valence-electron chi connectivity index (χ3n) is 5.06. The smallest absolute Gasteiger partial charge is 0.426 e. The van der Waals surface area contributed by atoms with Gasteiger partial charge in [0.1, 0.15) is 0 Å². The van der Waals surface area contributed by atoms with Gasteiger partial charge in [0.2, 0.25) is 10.0 Å². The number of piperazine rings is 1. The molecule has 0 aliphatic carbocycles. The van der Waals surface area contributed by atoms with Crippen LogP contribution in [0.4, 0.5) is 31.1 Å². The van der Waals surface area contributed by atoms with Gasteiger partial charge in [-0.2, -0.15) is 30.6 Å². The quantitative estimate of drug-likeness (QED) is 0.589. The highest BCUT2D eigenvalue weighted by Gasteiger charge is 2.60. The van der Waals surface area contributed by atoms with E-state index in [0.717, 1.165) is 9.87 Å². The van der Waals surface area contributed by atoms with Crippen molar-refractivity contribution in [3.05, 3.63) is 28.8 Å². The molecule has 0 saturated carbocycles. The maximum atomic E-state index is 13.1. The Bertz CT molecular complexity index is 915. The number of nitrogens with zero attached hydrogens (tertiary/aromatic N) is 2. The van der Waals surface area contributed by atoms with Crippen LogP contribution < -0.4 is 0 Å². The van der Waals surface area contributed by atoms with Crippen LogP contribution >= 0.6 is 0 Å². The van der Waals surface area contributed by atoms with E-state index >= 15 is 0 Å². The molecule has 1 fully saturated rings. The van der Waals surface area contributed by atoms with Gasteiger partial charge in [-0.05, 0) is 36.5 Å². The molecule has 0 radical (unpaired) electrons. The summed E-state index contributed by atoms with van der Waals surface area (Å²) in [4.78, 5) is 12.6. The first-order valence-corrected chi connectivity index (χ1v) is 11.1. The van der Waals surface area contributed by atoms with Gasteiger partial charge in [-0.25, -0.2) is 13.2 Å². The molecule has 1 aromatic carbocycles. The van der Waals surface area contributed by atoms with Crippen LogP contribution in [0.1, 0.15) is 36.5 Å². The first kappa shape index (κ1) is 26.2. The normalized spacial score (nSPS) is 16.7. The summed E-state index contributed by atoms with van der Waals surface area (Å²) in [7, 11) is -3.99. The maximum absolute atomic E-state index is 13.1. The summed E-state index contributed by atoms with van der Waals surface area (Å²) in [5, 5.41) is 0. The van der Waals surface area contributed by atoms with Gasteiger partial charge in [-0.15, -0.1) is 0 Å². The zero-order valence-corrected chi connectivity index (χ0v) is 18.7. The number of hydrogen-bond acceptors (Lipinski definition) is 4. The van der Waals surface area contributed by atoms with Crippen LogP contribution in [0.2, 0.25) is 0 Å². The molecule has 1 heterocycles. The second-order valence-corrected chi connectivity index (χ2v) is 9.75. The molecular formula is C19H24F6N2O4S. The van der Waals surface area contributed by atoms with Gasteiger partial charge in [0.25, 0.3) is 6.10 Å². The number of halogens is 6. The second kappa shape index (κ2) is 9.08. The molecule has 0 unspecified atom stereocenters. The summed E-state index contributed by atoms with van der Waals surface area (Å²) >= 11 is 0. The largest absolute Gasteiger partial charge is 0.434 e. The number of carbonyl (C=O) groups excluding carboxylic acids is 1. The lowest BCUT2D eigenvalue weighted by molar-refractivity contribution is -0.308. The fourth-order valence-electron chi connectivity index (χ4n) is 3.46. The van der Waals surface area contributed by atoms with Crippen LogP contribution in [-0.4, -0.2) is 68.4 Å². The molecule has 13 heteroatoms. The van der Waals surface area contributed by atoms with E-state index in [4.69, 9.17) is 0 Å². The van der Waals surface area contributed by atoms with Gasteiger partial charge in [0.05, 0.1) is 4.90 Å². The Labute approximate surface area is 182 Å². The molecule has 0 spiro atoms. The molecule has 1 saturated heterocycles. The highest BCUT2D eigenvalue weighted by molar-refractivity contribution is 7.89. The maximum Gasteiger partial charge on any atom is 0.434 e. The lowest BCUT2D eigenvalue weighted by atomic mass is 9.99. The summed E-state index contributed by atoms with van der Waals surface area (Å²) in [6.45, 7) is 5.79. The average Bonchev–Trinajstić information content (AvgIpc) is 2.63. The molecule has 32 heavy (non-hydrogen) atoms. The Kier molecular flexibility index (Phi) is 7.45. The van der Waals surface area contributed by atoms with E-state index < -0.39 is 47.7 Å². The number of alkyl halides is 6. The zero-order chi connectivity index (χ0) is 24.6. The van der Waals surface area contributed by atoms with E-state index in [9.17, 15) is 39.6 Å². The Morgan fingerprint density at radius 3 is 1.75 bits per heavy atom. The topological polar surface area (TPSA) is 66.9 Å². The Hall–Kier alpha value is -2.02. The number of ether oxygens (including phenoxy) is 1. The van der Waals surface area contributed by atoms with Crippen molar-refractivity contribution >= 4 is 16.1 Å². The predicted molar refractivity (Wildman–Crippen MR) is 103 cm³/mol. The van der Waals surface area contributed by atoms with Crippen LogP contribution in [0.5, 0.6) is 0 Å². The van der Waals surface area contributed by atoms with Gasteiger partial charge in [0.15, 0.2) is 0 Å². The van der Waals surface area contributed by atoms with Crippen LogP contribution in [0, 0.1) is 13.8 Å². The molecule has 0 N–H and O–H groups in total. The van der Waals surface area contributed by atoms with Gasteiger partial charge in [-0.3, -0.25) is 0 Å². The van der Waals surface area contributed by atoms with Gasteiger partial charge >= 0.3 is 18.4 Å². The van der Waals surface area contributed by atoms with Crippen molar-refractivity contribution in [1.82, 2.24) is 9.21 Å². The molecule has 2 rings (SSSR count). The first-order chi connectivity index (χ1) is 14.5. The number of carbonyl (C=O) groups is 1. The zero-order valence-electron chi connectivity index (χ0n) is 17.8. The average molecular weight is 490 g/mol. The fourth-order valence-corrected chi connectivity index (χ4v) is 5.29. The third kappa shape index (κ3) is 5.66. The fraction of sp³-hybridized carbons (Fsp3) is 0.632. The van der Waals surface area contributed by atoms with Crippen LogP contribution in [0.25, 0.3) is 0 Å². The lowest BCUT2D eigenvalue weighted by Crippen LogP contribution is -2.53. The van der Waals surface area contributed by atoms with E-state index in [1.54, 1.807) is 26.0 Å². The van der Waals surface area contributed by atoms with Crippen molar-refractivity contribution in [2.24, 2.45) is 0 Å². The lowest BCUT2D eigenvalue weighted by Gasteiger charge is -2.35. The number of rotatable bonds is 4. The SMILES string of the molecule is Cc1cc(C(C)C)cc(C)c1S(=O)(=O)N1CCN(C(=O)OC(C(F)(F)F)C(F)(F)F)CC1. The predicted octanol–water partition coefficient (Wildman–Crippen LogP) is 4.36. The molecule has 182 valence electrons. The number of sulfonamides is 1. The number of amides is 1. The molecule has 1 aliphatic heterocycles. The summed E-state index contributed by atoms with van der Waals surface area (Å²) in [6.07, 6.45) is -17.7. The summed E-state index contributed by atoms with van der Waals surface area (Å²) < 4.78 is 107. The molecular weight excluding hydrogens is 466 g/mol. The van der Waals surface area contributed by atoms with Gasteiger partial charge < -0.3 is 9.64 Å². The van der Waals surface area contributed by atoms with Crippen LogP contribution in [0.3, 0.4) is 0 Å². The summed E-state index contributed by atoms with van der Waals surface area (Å²) in [5.41, 5.74) is 2.00. The molecule has 0 aromatic heterocycles. The van der Waals surface area contributed by atoms with Gasteiger partial charge in [-0.1, -0.05) is 26.0 Å². The number of aryl methyl sites for hydroxylation is 2. The summed E-state index contributed by atoms with van der Waals surface area (Å²) in [5.74, 6) is 0.177. The van der Waals surface area contributed by atoms with Crippen molar-refractivity contribution < 1.29 is 44.3 Å². The Balaban J connectivity index is 2.14. The molecule has 1 aromatic rings. The van der Waals surface area contributed by atoms with Crippen molar-refractivity contribution in [1.29, 1.82) is 0 Å². The second-order valence-electron chi connectivity index (χ2n) is 7.88. The minimum atomic E-state index is -5.82. The number of hydrogen-bond donors (Lipinski definition) is 0. The minimum Gasteiger partial charge on any atom is -0.426 e. The molecule has 0 atom stereocenters. The molecule has 6 nitrogen and oxygen atoms in total. The third-order valence-corrected chi connectivity index (χ3v) is 7.26.